The third-order valence-corrected chi connectivity index (χ3v) is 1.36. The van der Waals surface area contributed by atoms with Gasteiger partial charge in [0.1, 0.15) is 0 Å². The third kappa shape index (κ3) is 46.0. The maximum absolute atomic E-state index is 3.60. The smallest absolute Gasteiger partial charge is 1.00 e. The van der Waals surface area contributed by atoms with Crippen molar-refractivity contribution in [2.45, 2.75) is 46.0 Å². The number of allylic oxidation sites excluding steroid dienone is 4. The van der Waals surface area contributed by atoms with Crippen LogP contribution in [0.3, 0.4) is 0 Å². The Hall–Kier alpha value is 0.943. The molecule has 0 saturated carbocycles. The maximum atomic E-state index is 3.60. The standard InChI is InChI=1S/C5H6.2C4H9.2ClH.Zr/c1-2-4-5-3-1;2*1-3-4-2;;;/h1-4H,5H2;2*1,3-4H2,2H3;2*1H;/q;2*-1;;;+4/p-2. The average Bonchev–Trinajstić information content (AvgIpc) is 2.76. The quantitative estimate of drug-likeness (QED) is 0.550. The summed E-state index contributed by atoms with van der Waals surface area (Å²) >= 11 is 0. The summed E-state index contributed by atoms with van der Waals surface area (Å²) in [6.07, 6.45) is 14.1. The van der Waals surface area contributed by atoms with Crippen LogP contribution in [0.5, 0.6) is 0 Å². The molecule has 0 aromatic heterocycles. The van der Waals surface area contributed by atoms with Crippen molar-refractivity contribution < 1.29 is 51.0 Å². The maximum Gasteiger partial charge on any atom is 4.00 e. The molecule has 94 valence electrons. The summed E-state index contributed by atoms with van der Waals surface area (Å²) in [4.78, 5) is 0. The van der Waals surface area contributed by atoms with E-state index in [0.29, 0.717) is 0 Å². The molecule has 0 saturated heterocycles. The Balaban J connectivity index is -0.0000000350. The molecular formula is C13H24Cl2Zr. The molecule has 0 unspecified atom stereocenters. The minimum atomic E-state index is 0. The monoisotopic (exact) mass is 340 g/mol. The molecule has 0 aliphatic heterocycles. The Morgan fingerprint density at radius 3 is 1.19 bits per heavy atom. The Kier molecular flexibility index (Phi) is 68.0. The van der Waals surface area contributed by atoms with Crippen molar-refractivity contribution >= 4 is 0 Å². The van der Waals surface area contributed by atoms with Crippen molar-refractivity contribution in [3.8, 4) is 0 Å². The Labute approximate surface area is 134 Å². The second-order valence-corrected chi connectivity index (χ2v) is 2.80. The van der Waals surface area contributed by atoms with Gasteiger partial charge in [-0.2, -0.15) is 12.8 Å². The zero-order chi connectivity index (χ0) is 10.4. The number of hydrogen-bond donors (Lipinski definition) is 0. The van der Waals surface area contributed by atoms with Crippen LogP contribution in [-0.4, -0.2) is 0 Å². The van der Waals surface area contributed by atoms with Gasteiger partial charge in [0.25, 0.3) is 0 Å². The Bertz CT molecular complexity index is 105. The van der Waals surface area contributed by atoms with Gasteiger partial charge in [0.05, 0.1) is 0 Å². The Morgan fingerprint density at radius 1 is 0.875 bits per heavy atom. The van der Waals surface area contributed by atoms with E-state index >= 15 is 0 Å². The largest absolute Gasteiger partial charge is 4.00 e. The van der Waals surface area contributed by atoms with Gasteiger partial charge in [0, 0.05) is 0 Å². The van der Waals surface area contributed by atoms with Crippen LogP contribution in [-0.2, 0) is 26.2 Å². The molecule has 0 bridgehead atoms. The van der Waals surface area contributed by atoms with E-state index in [1.807, 2.05) is 0 Å². The number of rotatable bonds is 2. The first-order chi connectivity index (χ1) is 6.33. The summed E-state index contributed by atoms with van der Waals surface area (Å²) in [6, 6.07) is 0. The molecule has 1 aliphatic rings. The first-order valence-corrected chi connectivity index (χ1v) is 5.23. The molecule has 0 aromatic rings. The van der Waals surface area contributed by atoms with E-state index in [9.17, 15) is 0 Å². The normalized spacial score (nSPS) is 9.25. The molecule has 0 N–H and O–H groups in total. The Morgan fingerprint density at radius 2 is 1.12 bits per heavy atom. The number of unbranched alkanes of at least 4 members (excludes halogenated alkanes) is 2. The van der Waals surface area contributed by atoms with E-state index in [4.69, 9.17) is 0 Å². The van der Waals surface area contributed by atoms with Gasteiger partial charge in [-0.15, -0.1) is 0 Å². The average molecular weight is 342 g/mol. The summed E-state index contributed by atoms with van der Waals surface area (Å²) in [5, 5.41) is 0. The molecular weight excluding hydrogens is 318 g/mol. The molecule has 1 rings (SSSR count). The van der Waals surface area contributed by atoms with Crippen molar-refractivity contribution in [2.75, 3.05) is 0 Å². The van der Waals surface area contributed by atoms with Gasteiger partial charge in [-0.1, -0.05) is 51.0 Å². The van der Waals surface area contributed by atoms with Crippen LogP contribution in [0, 0.1) is 13.8 Å². The van der Waals surface area contributed by atoms with Crippen LogP contribution in [0.15, 0.2) is 24.3 Å². The SMILES string of the molecule is C1=CCC=C1.[CH2-]CCC.[CH2-]CCC.[Cl-].[Cl-].[Zr+4]. The van der Waals surface area contributed by atoms with Crippen LogP contribution >= 0.6 is 0 Å². The fourth-order valence-corrected chi connectivity index (χ4v) is 0.393. The summed E-state index contributed by atoms with van der Waals surface area (Å²) in [6.45, 7) is 11.4. The van der Waals surface area contributed by atoms with Crippen molar-refractivity contribution in [2.24, 2.45) is 0 Å². The molecule has 0 nitrogen and oxygen atoms in total. The van der Waals surface area contributed by atoms with Gasteiger partial charge in [-0.05, 0) is 6.42 Å². The van der Waals surface area contributed by atoms with Gasteiger partial charge in [-0.25, -0.2) is 0 Å². The zero-order valence-corrected chi connectivity index (χ0v) is 14.5. The molecule has 0 radical (unpaired) electrons. The molecule has 0 spiro atoms. The summed E-state index contributed by atoms with van der Waals surface area (Å²) in [5.41, 5.74) is 0. The van der Waals surface area contributed by atoms with Gasteiger partial charge in [0.2, 0.25) is 0 Å². The van der Waals surface area contributed by atoms with Gasteiger partial charge in [-0.3, -0.25) is 0 Å². The van der Waals surface area contributed by atoms with E-state index < -0.39 is 0 Å². The van der Waals surface area contributed by atoms with Crippen molar-refractivity contribution in [3.05, 3.63) is 38.2 Å². The molecule has 0 fully saturated rings. The summed E-state index contributed by atoms with van der Waals surface area (Å²) in [5.74, 6) is 0. The van der Waals surface area contributed by atoms with Crippen LogP contribution < -0.4 is 24.8 Å². The molecule has 0 atom stereocenters. The molecule has 0 aromatic carbocycles. The van der Waals surface area contributed by atoms with Crippen LogP contribution in [0.4, 0.5) is 0 Å². The zero-order valence-electron chi connectivity index (χ0n) is 10.5. The van der Waals surface area contributed by atoms with Gasteiger partial charge in [0.15, 0.2) is 0 Å². The number of hydrogen-bond acceptors (Lipinski definition) is 0. The first-order valence-electron chi connectivity index (χ1n) is 5.23. The van der Waals surface area contributed by atoms with Crippen LogP contribution in [0.25, 0.3) is 0 Å². The topological polar surface area (TPSA) is 0 Å². The second kappa shape index (κ2) is 36.0. The molecule has 3 heteroatoms. The molecule has 0 amide bonds. The summed E-state index contributed by atoms with van der Waals surface area (Å²) in [7, 11) is 0. The fourth-order valence-electron chi connectivity index (χ4n) is 0.393. The van der Waals surface area contributed by atoms with Crippen molar-refractivity contribution in [3.63, 3.8) is 0 Å². The third-order valence-electron chi connectivity index (χ3n) is 1.36. The van der Waals surface area contributed by atoms with E-state index in [1.165, 1.54) is 12.8 Å². The minimum Gasteiger partial charge on any atom is -1.00 e. The van der Waals surface area contributed by atoms with Crippen LogP contribution in [0.2, 0.25) is 0 Å². The van der Waals surface area contributed by atoms with Crippen LogP contribution in [0.1, 0.15) is 46.0 Å². The molecule has 16 heavy (non-hydrogen) atoms. The summed E-state index contributed by atoms with van der Waals surface area (Å²) < 4.78 is 0. The molecule has 0 heterocycles. The second-order valence-electron chi connectivity index (χ2n) is 2.80. The van der Waals surface area contributed by atoms with Crippen molar-refractivity contribution in [1.82, 2.24) is 0 Å². The minimum absolute atomic E-state index is 0. The number of halogens is 2. The van der Waals surface area contributed by atoms with E-state index in [1.54, 1.807) is 0 Å². The van der Waals surface area contributed by atoms with Crippen molar-refractivity contribution in [1.29, 1.82) is 0 Å². The predicted molar refractivity (Wildman–Crippen MR) is 63.4 cm³/mol. The first kappa shape index (κ1) is 30.2. The van der Waals surface area contributed by atoms with Gasteiger partial charge < -0.3 is 38.7 Å². The van der Waals surface area contributed by atoms with E-state index in [2.05, 4.69) is 52.0 Å². The van der Waals surface area contributed by atoms with E-state index in [0.717, 1.165) is 19.3 Å². The van der Waals surface area contributed by atoms with E-state index in [-0.39, 0.29) is 51.0 Å². The predicted octanol–water partition coefficient (Wildman–Crippen LogP) is -1.25. The molecule has 1 aliphatic carbocycles. The van der Waals surface area contributed by atoms with Gasteiger partial charge >= 0.3 is 26.2 Å². The fraction of sp³-hybridized carbons (Fsp3) is 0.538.